The molecule has 1 unspecified atom stereocenters. The average Bonchev–Trinajstić information content (AvgIpc) is 3.58. The predicted octanol–water partition coefficient (Wildman–Crippen LogP) is 4.80. The van der Waals surface area contributed by atoms with Crippen LogP contribution in [0.5, 0.6) is 5.75 Å². The molecule has 214 valence electrons. The standard InChI is InChI=1S/C29H35ClN4O6/c1-17(14-19(27(35)36)10-12-34-13-11-31-16-34)8-9-20-25(33-29(38)32-23-7-5-4-6-22(23)30)24-21(15-40-28(24)37)18(2)26(20)39-3/h4-8,19,31H,9-16H2,1-3H3,(H,35,36)(H2,32,33,38)/b17-8+. The van der Waals surface area contributed by atoms with Crippen LogP contribution >= 0.6 is 11.6 Å². The number of rotatable bonds is 11. The number of carbonyl (C=O) groups excluding carboxylic acids is 2. The Kier molecular flexibility index (Phi) is 9.67. The first-order valence-corrected chi connectivity index (χ1v) is 13.6. The molecule has 2 amide bonds. The van der Waals surface area contributed by atoms with E-state index in [0.29, 0.717) is 59.1 Å². The SMILES string of the molecule is COc1c(C)c2c(c(NC(=O)Nc3ccccc3Cl)c1C/C=C(\C)CC(CCN1CCNC1)C(=O)O)C(=O)OC2. The van der Waals surface area contributed by atoms with Crippen molar-refractivity contribution in [3.63, 3.8) is 0 Å². The number of allylic oxidation sites excluding steroid dienone is 2. The van der Waals surface area contributed by atoms with Crippen LogP contribution in [-0.4, -0.2) is 61.4 Å². The first-order chi connectivity index (χ1) is 19.2. The van der Waals surface area contributed by atoms with E-state index in [1.807, 2.05) is 19.9 Å². The minimum Gasteiger partial charge on any atom is -0.496 e. The van der Waals surface area contributed by atoms with Crippen LogP contribution < -0.4 is 20.7 Å². The quantitative estimate of drug-likeness (QED) is 0.224. The van der Waals surface area contributed by atoms with Crippen molar-refractivity contribution in [2.24, 2.45) is 5.92 Å². The molecule has 4 N–H and O–H groups in total. The maximum absolute atomic E-state index is 13.1. The highest BCUT2D eigenvalue weighted by atomic mass is 35.5. The molecule has 1 atom stereocenters. The number of hydrogen-bond acceptors (Lipinski definition) is 7. The van der Waals surface area contributed by atoms with Gasteiger partial charge in [0, 0.05) is 37.4 Å². The van der Waals surface area contributed by atoms with Gasteiger partial charge in [-0.3, -0.25) is 9.69 Å². The van der Waals surface area contributed by atoms with Gasteiger partial charge in [-0.25, -0.2) is 9.59 Å². The third kappa shape index (κ3) is 6.75. The van der Waals surface area contributed by atoms with E-state index in [2.05, 4.69) is 20.9 Å². The lowest BCUT2D eigenvalue weighted by molar-refractivity contribution is -0.142. The number of methoxy groups -OCH3 is 1. The third-order valence-electron chi connectivity index (χ3n) is 7.34. The largest absolute Gasteiger partial charge is 0.496 e. The van der Waals surface area contributed by atoms with Gasteiger partial charge in [0.15, 0.2) is 0 Å². The van der Waals surface area contributed by atoms with E-state index >= 15 is 0 Å². The summed E-state index contributed by atoms with van der Waals surface area (Å²) in [6, 6.07) is 6.25. The molecule has 10 nitrogen and oxygen atoms in total. The Morgan fingerprint density at radius 1 is 1.30 bits per heavy atom. The molecule has 0 spiro atoms. The number of urea groups is 1. The summed E-state index contributed by atoms with van der Waals surface area (Å²) in [6.45, 7) is 7.15. The van der Waals surface area contributed by atoms with Gasteiger partial charge in [-0.2, -0.15) is 0 Å². The molecule has 40 heavy (non-hydrogen) atoms. The third-order valence-corrected chi connectivity index (χ3v) is 7.67. The maximum Gasteiger partial charge on any atom is 0.341 e. The number of nitrogens with one attached hydrogen (secondary N) is 3. The minimum absolute atomic E-state index is 0.0825. The summed E-state index contributed by atoms with van der Waals surface area (Å²) in [5.74, 6) is -1.34. The molecular formula is C29H35ClN4O6. The van der Waals surface area contributed by atoms with E-state index in [-0.39, 0.29) is 12.2 Å². The highest BCUT2D eigenvalue weighted by Crippen LogP contribution is 2.41. The number of nitrogens with zero attached hydrogens (tertiary/aromatic N) is 1. The Morgan fingerprint density at radius 3 is 2.75 bits per heavy atom. The Balaban J connectivity index is 1.60. The number of aliphatic carboxylic acids is 1. The number of hydrogen-bond donors (Lipinski definition) is 4. The normalized spacial score (nSPS) is 15.9. The monoisotopic (exact) mass is 570 g/mol. The Labute approximate surface area is 238 Å². The van der Waals surface area contributed by atoms with Crippen molar-refractivity contribution < 1.29 is 29.0 Å². The van der Waals surface area contributed by atoms with E-state index in [1.54, 1.807) is 24.3 Å². The second-order valence-corrected chi connectivity index (χ2v) is 10.5. The smallest absolute Gasteiger partial charge is 0.341 e. The first kappa shape index (κ1) is 29.4. The second kappa shape index (κ2) is 13.2. The summed E-state index contributed by atoms with van der Waals surface area (Å²) in [5.41, 5.74) is 3.90. The minimum atomic E-state index is -0.827. The lowest BCUT2D eigenvalue weighted by atomic mass is 9.92. The van der Waals surface area contributed by atoms with Gasteiger partial charge in [-0.05, 0) is 50.8 Å². The maximum atomic E-state index is 13.1. The highest BCUT2D eigenvalue weighted by Gasteiger charge is 2.33. The fraction of sp³-hybridized carbons (Fsp3) is 0.414. The van der Waals surface area contributed by atoms with Crippen molar-refractivity contribution >= 4 is 40.9 Å². The lowest BCUT2D eigenvalue weighted by Gasteiger charge is -2.20. The fourth-order valence-electron chi connectivity index (χ4n) is 5.16. The number of amides is 2. The van der Waals surface area contributed by atoms with Gasteiger partial charge in [-0.15, -0.1) is 0 Å². The number of fused-ring (bicyclic) bond motifs is 1. The van der Waals surface area contributed by atoms with Crippen LogP contribution in [0.4, 0.5) is 16.2 Å². The fourth-order valence-corrected chi connectivity index (χ4v) is 5.35. The number of carbonyl (C=O) groups is 3. The molecule has 1 saturated heterocycles. The molecule has 2 aromatic carbocycles. The van der Waals surface area contributed by atoms with Crippen LogP contribution in [0, 0.1) is 12.8 Å². The van der Waals surface area contributed by atoms with Crippen LogP contribution in [0.1, 0.15) is 46.8 Å². The molecule has 0 aliphatic carbocycles. The molecule has 0 aromatic heterocycles. The van der Waals surface area contributed by atoms with Gasteiger partial charge < -0.3 is 30.5 Å². The van der Waals surface area contributed by atoms with Crippen LogP contribution in [0.3, 0.4) is 0 Å². The number of cyclic esters (lactones) is 1. The van der Waals surface area contributed by atoms with Crippen molar-refractivity contribution in [1.29, 1.82) is 0 Å². The van der Waals surface area contributed by atoms with Crippen LogP contribution in [0.2, 0.25) is 5.02 Å². The predicted molar refractivity (Wildman–Crippen MR) is 153 cm³/mol. The molecule has 2 aliphatic heterocycles. The van der Waals surface area contributed by atoms with Crippen molar-refractivity contribution in [1.82, 2.24) is 10.2 Å². The lowest BCUT2D eigenvalue weighted by Crippen LogP contribution is -2.27. The van der Waals surface area contributed by atoms with Crippen molar-refractivity contribution in [3.8, 4) is 5.75 Å². The van der Waals surface area contributed by atoms with Crippen molar-refractivity contribution in [2.45, 2.75) is 39.7 Å². The number of halogens is 1. The molecule has 2 aliphatic rings. The molecule has 2 aromatic rings. The van der Waals surface area contributed by atoms with E-state index in [4.69, 9.17) is 21.1 Å². The van der Waals surface area contributed by atoms with Gasteiger partial charge in [0.05, 0.1) is 35.0 Å². The second-order valence-electron chi connectivity index (χ2n) is 10.1. The molecule has 11 heteroatoms. The van der Waals surface area contributed by atoms with Gasteiger partial charge >= 0.3 is 18.0 Å². The summed E-state index contributed by atoms with van der Waals surface area (Å²) < 4.78 is 11.1. The van der Waals surface area contributed by atoms with E-state index in [0.717, 1.165) is 30.9 Å². The molecule has 0 radical (unpaired) electrons. The average molecular weight is 571 g/mol. The van der Waals surface area contributed by atoms with Crippen molar-refractivity contribution in [2.75, 3.05) is 44.0 Å². The summed E-state index contributed by atoms with van der Waals surface area (Å²) >= 11 is 6.20. The summed E-state index contributed by atoms with van der Waals surface area (Å²) in [6.07, 6.45) is 3.17. The highest BCUT2D eigenvalue weighted by molar-refractivity contribution is 6.33. The summed E-state index contributed by atoms with van der Waals surface area (Å²) in [4.78, 5) is 40.0. The van der Waals surface area contributed by atoms with Crippen molar-refractivity contribution in [3.05, 3.63) is 63.2 Å². The molecule has 0 saturated carbocycles. The van der Waals surface area contributed by atoms with Crippen LogP contribution in [-0.2, 0) is 22.6 Å². The van der Waals surface area contributed by atoms with E-state index in [9.17, 15) is 19.5 Å². The first-order valence-electron chi connectivity index (χ1n) is 13.2. The van der Waals surface area contributed by atoms with Gasteiger partial charge in [0.25, 0.3) is 0 Å². The Bertz CT molecular complexity index is 1320. The Morgan fingerprint density at radius 2 is 2.08 bits per heavy atom. The van der Waals surface area contributed by atoms with E-state index in [1.165, 1.54) is 7.11 Å². The number of benzene rings is 2. The van der Waals surface area contributed by atoms with Gasteiger partial charge in [0.2, 0.25) is 0 Å². The number of esters is 1. The zero-order valence-corrected chi connectivity index (χ0v) is 23.7. The zero-order valence-electron chi connectivity index (χ0n) is 22.9. The summed E-state index contributed by atoms with van der Waals surface area (Å²) in [5, 5.41) is 19.0. The van der Waals surface area contributed by atoms with Crippen LogP contribution in [0.15, 0.2) is 35.9 Å². The molecular weight excluding hydrogens is 536 g/mol. The van der Waals surface area contributed by atoms with Gasteiger partial charge in [0.1, 0.15) is 12.4 Å². The van der Waals surface area contributed by atoms with Crippen LogP contribution in [0.25, 0.3) is 0 Å². The molecule has 1 fully saturated rings. The molecule has 4 rings (SSSR count). The molecule has 2 heterocycles. The van der Waals surface area contributed by atoms with Gasteiger partial charge in [-0.1, -0.05) is 35.4 Å². The number of para-hydroxylation sites is 1. The molecule has 0 bridgehead atoms. The topological polar surface area (TPSA) is 129 Å². The summed E-state index contributed by atoms with van der Waals surface area (Å²) in [7, 11) is 1.54. The number of carboxylic acids is 1. The van der Waals surface area contributed by atoms with E-state index < -0.39 is 23.9 Å². The zero-order chi connectivity index (χ0) is 28.8. The number of anilines is 2. The number of carboxylic acid groups (broad SMARTS) is 1. The number of ether oxygens (including phenoxy) is 2. The Hall–Kier alpha value is -3.60.